The van der Waals surface area contributed by atoms with Crippen LogP contribution in [0.2, 0.25) is 0 Å². The predicted molar refractivity (Wildman–Crippen MR) is 142 cm³/mol. The van der Waals surface area contributed by atoms with Crippen LogP contribution >= 0.6 is 0 Å². The van der Waals surface area contributed by atoms with Crippen LogP contribution in [0.5, 0.6) is 0 Å². The molecule has 0 bridgehead atoms. The number of carbonyl (C=O) groups is 2. The largest absolute Gasteiger partial charge is 0.457 e. The van der Waals surface area contributed by atoms with Gasteiger partial charge in [0.05, 0.1) is 35.7 Å². The van der Waals surface area contributed by atoms with Crippen LogP contribution < -0.4 is 0 Å². The lowest BCUT2D eigenvalue weighted by Gasteiger charge is -2.35. The van der Waals surface area contributed by atoms with E-state index in [2.05, 4.69) is 18.5 Å². The second-order valence-electron chi connectivity index (χ2n) is 11.9. The molecule has 4 rings (SSSR count). The van der Waals surface area contributed by atoms with E-state index in [0.29, 0.717) is 29.8 Å². The summed E-state index contributed by atoms with van der Waals surface area (Å²) in [6.07, 6.45) is 1.50. The summed E-state index contributed by atoms with van der Waals surface area (Å²) in [6, 6.07) is 5.53. The van der Waals surface area contributed by atoms with Gasteiger partial charge in [-0.1, -0.05) is 39.3 Å². The molecule has 0 spiro atoms. The number of esters is 1. The van der Waals surface area contributed by atoms with E-state index in [-0.39, 0.29) is 29.8 Å². The Bertz CT molecular complexity index is 1190. The van der Waals surface area contributed by atoms with Gasteiger partial charge >= 0.3 is 5.97 Å². The molecule has 208 valence electrons. The van der Waals surface area contributed by atoms with Gasteiger partial charge in [0.15, 0.2) is 11.5 Å². The van der Waals surface area contributed by atoms with Gasteiger partial charge in [-0.25, -0.2) is 4.98 Å². The molecule has 1 aromatic carbocycles. The highest BCUT2D eigenvalue weighted by atomic mass is 16.6. The monoisotopic (exact) mass is 527 g/mol. The van der Waals surface area contributed by atoms with E-state index in [0.717, 1.165) is 24.8 Å². The summed E-state index contributed by atoms with van der Waals surface area (Å²) < 4.78 is 17.6. The molecule has 2 fully saturated rings. The molecule has 8 heteroatoms. The molecule has 1 aromatic heterocycles. The average Bonchev–Trinajstić information content (AvgIpc) is 3.32. The van der Waals surface area contributed by atoms with Crippen molar-refractivity contribution < 1.29 is 33.7 Å². The average molecular weight is 528 g/mol. The molecule has 7 atom stereocenters. The van der Waals surface area contributed by atoms with Crippen LogP contribution in [0, 0.1) is 24.2 Å². The SMILES string of the molecule is C=CCC1C(=O)C(C)(C)C(O)CC(=O)OC(c2ccc3oc(C)nc3c2)CC2OC2(C)CCCC(C)C1O. The van der Waals surface area contributed by atoms with Gasteiger partial charge in [0.2, 0.25) is 0 Å². The van der Waals surface area contributed by atoms with E-state index < -0.39 is 35.6 Å². The number of hydrogen-bond acceptors (Lipinski definition) is 8. The third-order valence-electron chi connectivity index (χ3n) is 8.54. The molecule has 7 unspecified atom stereocenters. The van der Waals surface area contributed by atoms with Crippen LogP contribution in [0.1, 0.15) is 83.8 Å². The van der Waals surface area contributed by atoms with Crippen molar-refractivity contribution in [3.05, 3.63) is 42.3 Å². The number of aliphatic hydroxyl groups excluding tert-OH is 2. The minimum Gasteiger partial charge on any atom is -0.457 e. The van der Waals surface area contributed by atoms with Crippen LogP contribution in [0.4, 0.5) is 0 Å². The van der Waals surface area contributed by atoms with Crippen molar-refractivity contribution in [2.24, 2.45) is 17.3 Å². The summed E-state index contributed by atoms with van der Waals surface area (Å²) in [5, 5.41) is 22.2. The van der Waals surface area contributed by atoms with Crippen molar-refractivity contribution in [2.45, 2.75) is 103 Å². The van der Waals surface area contributed by atoms with Crippen LogP contribution in [0.15, 0.2) is 35.3 Å². The molecule has 3 heterocycles. The molecule has 2 saturated heterocycles. The first-order chi connectivity index (χ1) is 17.9. The Hall–Kier alpha value is -2.55. The molecule has 0 amide bonds. The zero-order chi connectivity index (χ0) is 27.8. The first kappa shape index (κ1) is 28.5. The Morgan fingerprint density at radius 3 is 2.66 bits per heavy atom. The van der Waals surface area contributed by atoms with Gasteiger partial charge in [0, 0.05) is 19.3 Å². The second-order valence-corrected chi connectivity index (χ2v) is 11.9. The molecule has 38 heavy (non-hydrogen) atoms. The van der Waals surface area contributed by atoms with Crippen LogP contribution in [-0.2, 0) is 19.1 Å². The normalized spacial score (nSPS) is 34.9. The summed E-state index contributed by atoms with van der Waals surface area (Å²) in [5.74, 6) is -1.19. The third-order valence-corrected chi connectivity index (χ3v) is 8.54. The number of ether oxygens (including phenoxy) is 2. The molecular weight excluding hydrogens is 486 g/mol. The maximum atomic E-state index is 13.6. The van der Waals surface area contributed by atoms with Crippen LogP contribution in [-0.4, -0.2) is 50.9 Å². The number of Topliss-reactive ketones (excluding diaryl/α,β-unsaturated/α-hetero) is 1. The summed E-state index contributed by atoms with van der Waals surface area (Å²) in [5.41, 5.74) is 0.481. The minimum atomic E-state index is -1.28. The van der Waals surface area contributed by atoms with E-state index in [1.165, 1.54) is 0 Å². The Balaban J connectivity index is 1.63. The van der Waals surface area contributed by atoms with Crippen molar-refractivity contribution in [3.63, 3.8) is 0 Å². The molecule has 2 aliphatic heterocycles. The molecule has 2 aliphatic rings. The topological polar surface area (TPSA) is 122 Å². The van der Waals surface area contributed by atoms with Gasteiger partial charge in [-0.2, -0.15) is 0 Å². The number of benzene rings is 1. The lowest BCUT2D eigenvalue weighted by molar-refractivity contribution is -0.156. The van der Waals surface area contributed by atoms with Crippen LogP contribution in [0.3, 0.4) is 0 Å². The minimum absolute atomic E-state index is 0.0976. The van der Waals surface area contributed by atoms with Gasteiger partial charge in [-0.15, -0.1) is 6.58 Å². The van der Waals surface area contributed by atoms with E-state index in [1.807, 2.05) is 25.1 Å². The van der Waals surface area contributed by atoms with Crippen molar-refractivity contribution >= 4 is 22.9 Å². The standard InChI is InChI=1S/C30H41NO7/c1-7-9-20-27(34)17(2)10-8-13-30(6)25(38-30)15-23(19-11-12-22-21(14-19)31-18(3)36-22)37-26(33)16-24(32)29(4,5)28(20)35/h7,11-12,14,17,20,23-25,27,32,34H,1,8-10,13,15-16H2,2-6H3. The van der Waals surface area contributed by atoms with E-state index in [9.17, 15) is 19.8 Å². The molecule has 0 aliphatic carbocycles. The lowest BCUT2D eigenvalue weighted by atomic mass is 9.71. The van der Waals surface area contributed by atoms with Gasteiger partial charge in [-0.3, -0.25) is 9.59 Å². The summed E-state index contributed by atoms with van der Waals surface area (Å²) in [6.45, 7) is 12.8. The first-order valence-electron chi connectivity index (χ1n) is 13.6. The second kappa shape index (κ2) is 10.9. The number of rotatable bonds is 3. The Labute approximate surface area is 224 Å². The van der Waals surface area contributed by atoms with Gasteiger partial charge in [0.25, 0.3) is 0 Å². The lowest BCUT2D eigenvalue weighted by Crippen LogP contribution is -2.46. The van der Waals surface area contributed by atoms with E-state index in [4.69, 9.17) is 13.9 Å². The number of carbonyl (C=O) groups excluding carboxylic acids is 2. The molecule has 0 saturated carbocycles. The smallest absolute Gasteiger partial charge is 0.309 e. The maximum Gasteiger partial charge on any atom is 0.309 e. The number of epoxide rings is 1. The zero-order valence-electron chi connectivity index (χ0n) is 23.1. The summed E-state index contributed by atoms with van der Waals surface area (Å²) in [4.78, 5) is 31.1. The number of nitrogens with zero attached hydrogens (tertiary/aromatic N) is 1. The zero-order valence-corrected chi connectivity index (χ0v) is 23.1. The van der Waals surface area contributed by atoms with Crippen molar-refractivity contribution in [1.82, 2.24) is 4.98 Å². The highest BCUT2D eigenvalue weighted by Crippen LogP contribution is 2.47. The van der Waals surface area contributed by atoms with Gasteiger partial charge in [0.1, 0.15) is 17.4 Å². The Morgan fingerprint density at radius 1 is 1.21 bits per heavy atom. The number of aliphatic hydroxyl groups is 2. The number of cyclic esters (lactones) is 1. The van der Waals surface area contributed by atoms with E-state index >= 15 is 0 Å². The number of allylic oxidation sites excluding steroid dienone is 1. The fourth-order valence-corrected chi connectivity index (χ4v) is 5.70. The highest BCUT2D eigenvalue weighted by Gasteiger charge is 2.53. The Kier molecular flexibility index (Phi) is 8.17. The summed E-state index contributed by atoms with van der Waals surface area (Å²) in [7, 11) is 0. The third kappa shape index (κ3) is 5.87. The first-order valence-corrected chi connectivity index (χ1v) is 13.6. The van der Waals surface area contributed by atoms with E-state index in [1.54, 1.807) is 26.8 Å². The number of aryl methyl sites for hydroxylation is 1. The maximum absolute atomic E-state index is 13.6. The highest BCUT2D eigenvalue weighted by molar-refractivity contribution is 5.88. The molecule has 0 radical (unpaired) electrons. The van der Waals surface area contributed by atoms with Gasteiger partial charge in [-0.05, 0) is 49.8 Å². The molecular formula is C30H41NO7. The van der Waals surface area contributed by atoms with Crippen molar-refractivity contribution in [1.29, 1.82) is 0 Å². The number of hydrogen-bond donors (Lipinski definition) is 2. The van der Waals surface area contributed by atoms with Crippen LogP contribution in [0.25, 0.3) is 11.1 Å². The number of fused-ring (bicyclic) bond motifs is 2. The molecule has 2 N–H and O–H groups in total. The molecule has 2 aromatic rings. The fraction of sp³-hybridized carbons (Fsp3) is 0.633. The van der Waals surface area contributed by atoms with Crippen molar-refractivity contribution in [2.75, 3.05) is 0 Å². The summed E-state index contributed by atoms with van der Waals surface area (Å²) >= 11 is 0. The predicted octanol–water partition coefficient (Wildman–Crippen LogP) is 4.99. The number of aromatic nitrogens is 1. The Morgan fingerprint density at radius 2 is 1.95 bits per heavy atom. The van der Waals surface area contributed by atoms with Crippen molar-refractivity contribution in [3.8, 4) is 0 Å². The number of oxazole rings is 1. The van der Waals surface area contributed by atoms with Gasteiger partial charge < -0.3 is 24.1 Å². The molecule has 8 nitrogen and oxygen atoms in total. The number of ketones is 1. The quantitative estimate of drug-likeness (QED) is 0.325. The fourth-order valence-electron chi connectivity index (χ4n) is 5.70.